The molecule has 0 bridgehead atoms. The summed E-state index contributed by atoms with van der Waals surface area (Å²) in [5.41, 5.74) is 0.324. The van der Waals surface area contributed by atoms with Crippen molar-refractivity contribution in [3.63, 3.8) is 0 Å². The van der Waals surface area contributed by atoms with Gasteiger partial charge in [-0.15, -0.1) is 0 Å². The van der Waals surface area contributed by atoms with E-state index in [4.69, 9.17) is 0 Å². The second-order valence-corrected chi connectivity index (χ2v) is 6.09. The average Bonchev–Trinajstić information content (AvgIpc) is 2.18. The fourth-order valence-electron chi connectivity index (χ4n) is 3.38. The molecule has 0 aromatic carbocycles. The van der Waals surface area contributed by atoms with Crippen molar-refractivity contribution in [2.24, 2.45) is 11.3 Å². The van der Waals surface area contributed by atoms with Crippen molar-refractivity contribution in [1.29, 1.82) is 0 Å². The number of hydrogen-bond acceptors (Lipinski definition) is 2. The van der Waals surface area contributed by atoms with Gasteiger partial charge >= 0.3 is 0 Å². The molecule has 1 N–H and O–H groups in total. The van der Waals surface area contributed by atoms with Crippen LogP contribution in [0.1, 0.15) is 52.4 Å². The van der Waals surface area contributed by atoms with E-state index in [9.17, 15) is 9.90 Å². The number of ketones is 1. The number of carbonyl (C=O) groups excluding carboxylic acids is 1. The van der Waals surface area contributed by atoms with Gasteiger partial charge in [0.1, 0.15) is 5.78 Å². The molecule has 0 unspecified atom stereocenters. The van der Waals surface area contributed by atoms with Crippen LogP contribution in [0.25, 0.3) is 0 Å². The lowest BCUT2D eigenvalue weighted by Gasteiger charge is -2.53. The second-order valence-electron chi connectivity index (χ2n) is 6.09. The van der Waals surface area contributed by atoms with Crippen molar-refractivity contribution in [1.82, 2.24) is 0 Å². The van der Waals surface area contributed by atoms with E-state index in [0.29, 0.717) is 18.8 Å². The molecule has 2 nitrogen and oxygen atoms in total. The monoisotopic (exact) mass is 222 g/mol. The standard InChI is InChI=1S/C14H22O2/c1-10(2)11-4-6-13(3)7-5-12(15)9-14(13,16)8-11/h11,16H,1,4-9H2,2-3H3/t11-,13+,14+/m1/s1. The Bertz CT molecular complexity index is 334. The first-order valence-electron chi connectivity index (χ1n) is 6.26. The summed E-state index contributed by atoms with van der Waals surface area (Å²) in [7, 11) is 0. The van der Waals surface area contributed by atoms with E-state index < -0.39 is 5.60 Å². The van der Waals surface area contributed by atoms with Gasteiger partial charge in [-0.1, -0.05) is 19.1 Å². The van der Waals surface area contributed by atoms with E-state index in [-0.39, 0.29) is 11.2 Å². The van der Waals surface area contributed by atoms with Crippen molar-refractivity contribution in [3.05, 3.63) is 12.2 Å². The molecule has 2 rings (SSSR count). The lowest BCUT2D eigenvalue weighted by molar-refractivity contribution is -0.159. The van der Waals surface area contributed by atoms with Gasteiger partial charge in [0.05, 0.1) is 5.60 Å². The van der Waals surface area contributed by atoms with E-state index in [0.717, 1.165) is 31.3 Å². The third-order valence-electron chi connectivity index (χ3n) is 4.89. The molecule has 2 aliphatic rings. The predicted molar refractivity (Wildman–Crippen MR) is 64.1 cm³/mol. The minimum Gasteiger partial charge on any atom is -0.389 e. The zero-order valence-corrected chi connectivity index (χ0v) is 10.4. The van der Waals surface area contributed by atoms with E-state index in [2.05, 4.69) is 13.5 Å². The Morgan fingerprint density at radius 1 is 1.50 bits per heavy atom. The maximum Gasteiger partial charge on any atom is 0.135 e. The van der Waals surface area contributed by atoms with Crippen LogP contribution < -0.4 is 0 Å². The molecule has 16 heavy (non-hydrogen) atoms. The van der Waals surface area contributed by atoms with Crippen molar-refractivity contribution >= 4 is 5.78 Å². The van der Waals surface area contributed by atoms with Crippen LogP contribution in [-0.2, 0) is 4.79 Å². The van der Waals surface area contributed by atoms with Gasteiger partial charge in [-0.05, 0) is 43.9 Å². The zero-order valence-electron chi connectivity index (χ0n) is 10.4. The summed E-state index contributed by atoms with van der Waals surface area (Å²) in [6.07, 6.45) is 4.72. The minimum atomic E-state index is -0.774. The largest absolute Gasteiger partial charge is 0.389 e. The van der Waals surface area contributed by atoms with E-state index in [1.165, 1.54) is 0 Å². The number of fused-ring (bicyclic) bond motifs is 1. The van der Waals surface area contributed by atoms with Gasteiger partial charge in [-0.25, -0.2) is 0 Å². The van der Waals surface area contributed by atoms with E-state index in [1.807, 2.05) is 6.92 Å². The Hall–Kier alpha value is -0.630. The number of hydrogen-bond donors (Lipinski definition) is 1. The summed E-state index contributed by atoms with van der Waals surface area (Å²) in [4.78, 5) is 11.6. The van der Waals surface area contributed by atoms with E-state index >= 15 is 0 Å². The number of rotatable bonds is 1. The Balaban J connectivity index is 2.23. The van der Waals surface area contributed by atoms with Crippen LogP contribution >= 0.6 is 0 Å². The third-order valence-corrected chi connectivity index (χ3v) is 4.89. The minimum absolute atomic E-state index is 0.0488. The molecule has 2 fully saturated rings. The quantitative estimate of drug-likeness (QED) is 0.693. The first-order chi connectivity index (χ1) is 7.36. The Kier molecular flexibility index (Phi) is 2.73. The maximum absolute atomic E-state index is 11.6. The van der Waals surface area contributed by atoms with Crippen LogP contribution in [0.15, 0.2) is 12.2 Å². The first kappa shape index (κ1) is 11.8. The molecule has 3 atom stereocenters. The maximum atomic E-state index is 11.6. The van der Waals surface area contributed by atoms with Gasteiger partial charge in [0.25, 0.3) is 0 Å². The second kappa shape index (κ2) is 3.69. The molecule has 2 aliphatic carbocycles. The van der Waals surface area contributed by atoms with Crippen molar-refractivity contribution in [3.8, 4) is 0 Å². The molecular weight excluding hydrogens is 200 g/mol. The summed E-state index contributed by atoms with van der Waals surface area (Å²) < 4.78 is 0. The number of aliphatic hydroxyl groups is 1. The third kappa shape index (κ3) is 1.73. The molecule has 0 saturated heterocycles. The summed E-state index contributed by atoms with van der Waals surface area (Å²) in [6.45, 7) is 8.17. The molecule has 0 aromatic rings. The smallest absolute Gasteiger partial charge is 0.135 e. The van der Waals surface area contributed by atoms with Gasteiger partial charge in [0.2, 0.25) is 0 Å². The number of Topliss-reactive ketones (excluding diaryl/α,β-unsaturated/α-hetero) is 1. The molecule has 0 aliphatic heterocycles. The van der Waals surface area contributed by atoms with Crippen LogP contribution in [0.4, 0.5) is 0 Å². The lowest BCUT2D eigenvalue weighted by atomic mass is 9.54. The Labute approximate surface area is 97.7 Å². The molecular formula is C14H22O2. The van der Waals surface area contributed by atoms with Gasteiger partial charge in [-0.3, -0.25) is 4.79 Å². The van der Waals surface area contributed by atoms with Gasteiger partial charge in [0, 0.05) is 12.8 Å². The molecule has 0 spiro atoms. The average molecular weight is 222 g/mol. The fourth-order valence-corrected chi connectivity index (χ4v) is 3.38. The highest BCUT2D eigenvalue weighted by atomic mass is 16.3. The van der Waals surface area contributed by atoms with Crippen molar-refractivity contribution < 1.29 is 9.90 Å². The summed E-state index contributed by atoms with van der Waals surface area (Å²) in [5.74, 6) is 0.617. The molecule has 0 heterocycles. The number of allylic oxidation sites excluding steroid dienone is 1. The highest BCUT2D eigenvalue weighted by molar-refractivity contribution is 5.80. The molecule has 90 valence electrons. The van der Waals surface area contributed by atoms with Crippen LogP contribution in [0.3, 0.4) is 0 Å². The summed E-state index contributed by atoms with van der Waals surface area (Å²) in [5, 5.41) is 10.8. The Morgan fingerprint density at radius 2 is 2.19 bits per heavy atom. The highest BCUT2D eigenvalue weighted by Gasteiger charge is 2.53. The first-order valence-corrected chi connectivity index (χ1v) is 6.26. The van der Waals surface area contributed by atoms with Crippen LogP contribution in [0.5, 0.6) is 0 Å². The topological polar surface area (TPSA) is 37.3 Å². The summed E-state index contributed by atoms with van der Waals surface area (Å²) >= 11 is 0. The fraction of sp³-hybridized carbons (Fsp3) is 0.786. The lowest BCUT2D eigenvalue weighted by Crippen LogP contribution is -2.55. The molecule has 2 saturated carbocycles. The van der Waals surface area contributed by atoms with Crippen molar-refractivity contribution in [2.75, 3.05) is 0 Å². The predicted octanol–water partition coefficient (Wildman–Crippen LogP) is 2.85. The van der Waals surface area contributed by atoms with Gasteiger partial charge in [0.15, 0.2) is 0 Å². The Morgan fingerprint density at radius 3 is 2.81 bits per heavy atom. The van der Waals surface area contributed by atoms with Crippen LogP contribution in [0, 0.1) is 11.3 Å². The summed E-state index contributed by atoms with van der Waals surface area (Å²) in [6, 6.07) is 0. The van der Waals surface area contributed by atoms with Crippen LogP contribution in [-0.4, -0.2) is 16.5 Å². The molecule has 0 amide bonds. The molecule has 2 heteroatoms. The van der Waals surface area contributed by atoms with Crippen LogP contribution in [0.2, 0.25) is 0 Å². The van der Waals surface area contributed by atoms with E-state index in [1.54, 1.807) is 0 Å². The van der Waals surface area contributed by atoms with Gasteiger partial charge < -0.3 is 5.11 Å². The highest BCUT2D eigenvalue weighted by Crippen LogP contribution is 2.54. The number of carbonyl (C=O) groups is 1. The normalized spacial score (nSPS) is 43.9. The molecule has 0 radical (unpaired) electrons. The van der Waals surface area contributed by atoms with Gasteiger partial charge in [-0.2, -0.15) is 0 Å². The SMILES string of the molecule is C=C(C)[C@@H]1CC[C@@]2(C)CCC(=O)C[C@@]2(O)C1. The molecule has 0 aromatic heterocycles. The van der Waals surface area contributed by atoms with Crippen molar-refractivity contribution in [2.45, 2.75) is 58.0 Å². The zero-order chi connectivity index (χ0) is 12.0.